The fourth-order valence-electron chi connectivity index (χ4n) is 3.77. The summed E-state index contributed by atoms with van der Waals surface area (Å²) < 4.78 is 0. The second-order valence-corrected chi connectivity index (χ2v) is 6.89. The molecule has 2 aliphatic heterocycles. The van der Waals surface area contributed by atoms with Gasteiger partial charge in [0.15, 0.2) is 0 Å². The van der Waals surface area contributed by atoms with Gasteiger partial charge in [-0.2, -0.15) is 0 Å². The Kier molecular flexibility index (Phi) is 6.79. The molecular weight excluding hydrogens is 246 g/mol. The van der Waals surface area contributed by atoms with E-state index in [1.807, 2.05) is 0 Å². The molecule has 2 fully saturated rings. The molecule has 3 nitrogen and oxygen atoms in total. The van der Waals surface area contributed by atoms with Gasteiger partial charge in [0.25, 0.3) is 0 Å². The van der Waals surface area contributed by atoms with E-state index < -0.39 is 0 Å². The van der Waals surface area contributed by atoms with Crippen LogP contribution in [-0.2, 0) is 0 Å². The molecule has 0 atom stereocenters. The van der Waals surface area contributed by atoms with Crippen LogP contribution in [0.2, 0.25) is 0 Å². The van der Waals surface area contributed by atoms with Crippen molar-refractivity contribution in [3.63, 3.8) is 0 Å². The summed E-state index contributed by atoms with van der Waals surface area (Å²) in [6, 6.07) is 1.56. The summed E-state index contributed by atoms with van der Waals surface area (Å²) in [5.41, 5.74) is 0. The van der Waals surface area contributed by atoms with Crippen LogP contribution in [0.5, 0.6) is 0 Å². The van der Waals surface area contributed by atoms with Gasteiger partial charge in [0, 0.05) is 25.2 Å². The molecule has 0 aromatic rings. The molecule has 0 spiro atoms. The lowest BCUT2D eigenvalue weighted by Gasteiger charge is -2.39. The summed E-state index contributed by atoms with van der Waals surface area (Å²) in [6.45, 7) is 16.0. The zero-order valence-corrected chi connectivity index (χ0v) is 14.0. The van der Waals surface area contributed by atoms with Crippen LogP contribution in [0.25, 0.3) is 0 Å². The quantitative estimate of drug-likeness (QED) is 0.787. The van der Waals surface area contributed by atoms with Crippen molar-refractivity contribution < 1.29 is 0 Å². The molecule has 0 aromatic heterocycles. The van der Waals surface area contributed by atoms with Crippen LogP contribution in [-0.4, -0.2) is 72.6 Å². The predicted octanol–water partition coefficient (Wildman–Crippen LogP) is 2.67. The monoisotopic (exact) mass is 281 g/mol. The normalized spacial score (nSPS) is 26.4. The predicted molar refractivity (Wildman–Crippen MR) is 87.3 cm³/mol. The lowest BCUT2D eigenvalue weighted by Crippen LogP contribution is -2.47. The van der Waals surface area contributed by atoms with Crippen LogP contribution in [0.4, 0.5) is 0 Å². The van der Waals surface area contributed by atoms with E-state index in [1.165, 1.54) is 77.9 Å². The van der Waals surface area contributed by atoms with Crippen LogP contribution in [0, 0.1) is 0 Å². The van der Waals surface area contributed by atoms with E-state index in [0.717, 1.165) is 6.04 Å². The van der Waals surface area contributed by atoms with Crippen molar-refractivity contribution in [1.82, 2.24) is 14.7 Å². The van der Waals surface area contributed by atoms with Gasteiger partial charge in [-0.25, -0.2) is 0 Å². The molecule has 0 aliphatic carbocycles. The van der Waals surface area contributed by atoms with Gasteiger partial charge in [-0.15, -0.1) is 0 Å². The zero-order chi connectivity index (χ0) is 14.4. The number of hydrogen-bond donors (Lipinski definition) is 0. The van der Waals surface area contributed by atoms with E-state index in [-0.39, 0.29) is 0 Å². The molecule has 0 saturated carbocycles. The zero-order valence-electron chi connectivity index (χ0n) is 14.0. The number of likely N-dealkylation sites (tertiary alicyclic amines) is 1. The second-order valence-electron chi connectivity index (χ2n) is 6.89. The van der Waals surface area contributed by atoms with Gasteiger partial charge in [0.05, 0.1) is 0 Å². The van der Waals surface area contributed by atoms with Crippen molar-refractivity contribution in [3.05, 3.63) is 0 Å². The van der Waals surface area contributed by atoms with Crippen molar-refractivity contribution in [2.45, 2.75) is 65.0 Å². The van der Waals surface area contributed by atoms with E-state index in [4.69, 9.17) is 0 Å². The SMILES string of the molecule is CCN1CCC(N2CCCCCN(C(C)C)CC2)CC1. The van der Waals surface area contributed by atoms with Gasteiger partial charge in [0.2, 0.25) is 0 Å². The first-order chi connectivity index (χ1) is 9.70. The van der Waals surface area contributed by atoms with Gasteiger partial charge in [-0.1, -0.05) is 13.3 Å². The summed E-state index contributed by atoms with van der Waals surface area (Å²) in [5.74, 6) is 0. The van der Waals surface area contributed by atoms with Crippen molar-refractivity contribution in [2.75, 3.05) is 45.8 Å². The fourth-order valence-corrected chi connectivity index (χ4v) is 3.77. The van der Waals surface area contributed by atoms with Crippen molar-refractivity contribution >= 4 is 0 Å². The highest BCUT2D eigenvalue weighted by molar-refractivity contribution is 4.81. The van der Waals surface area contributed by atoms with Crippen LogP contribution in [0.3, 0.4) is 0 Å². The van der Waals surface area contributed by atoms with Gasteiger partial charge >= 0.3 is 0 Å². The van der Waals surface area contributed by atoms with E-state index in [2.05, 4.69) is 35.5 Å². The first-order valence-electron chi connectivity index (χ1n) is 8.91. The number of rotatable bonds is 3. The third kappa shape index (κ3) is 4.71. The van der Waals surface area contributed by atoms with Crippen molar-refractivity contribution in [3.8, 4) is 0 Å². The van der Waals surface area contributed by atoms with E-state index in [0.29, 0.717) is 6.04 Å². The molecular formula is C17H35N3. The molecule has 0 radical (unpaired) electrons. The number of piperidine rings is 1. The van der Waals surface area contributed by atoms with Gasteiger partial charge in [-0.05, 0) is 72.3 Å². The molecule has 0 amide bonds. The molecule has 2 saturated heterocycles. The van der Waals surface area contributed by atoms with Crippen LogP contribution in [0.1, 0.15) is 52.9 Å². The molecule has 0 aromatic carbocycles. The summed E-state index contributed by atoms with van der Waals surface area (Å²) >= 11 is 0. The minimum Gasteiger partial charge on any atom is -0.303 e. The Hall–Kier alpha value is -0.120. The Morgan fingerprint density at radius 3 is 2.20 bits per heavy atom. The molecule has 2 aliphatic rings. The summed E-state index contributed by atoms with van der Waals surface area (Å²) in [4.78, 5) is 8.10. The highest BCUT2D eigenvalue weighted by Crippen LogP contribution is 2.18. The molecule has 0 N–H and O–H groups in total. The largest absolute Gasteiger partial charge is 0.303 e. The molecule has 2 heterocycles. The minimum atomic E-state index is 0.705. The van der Waals surface area contributed by atoms with Crippen molar-refractivity contribution in [1.29, 1.82) is 0 Å². The second kappa shape index (κ2) is 8.35. The summed E-state index contributed by atoms with van der Waals surface area (Å²) in [6.07, 6.45) is 6.97. The summed E-state index contributed by atoms with van der Waals surface area (Å²) in [7, 11) is 0. The van der Waals surface area contributed by atoms with Crippen LogP contribution in [0.15, 0.2) is 0 Å². The van der Waals surface area contributed by atoms with E-state index in [1.54, 1.807) is 0 Å². The Bertz CT molecular complexity index is 259. The number of nitrogens with zero attached hydrogens (tertiary/aromatic N) is 3. The highest BCUT2D eigenvalue weighted by Gasteiger charge is 2.24. The molecule has 0 bridgehead atoms. The van der Waals surface area contributed by atoms with E-state index in [9.17, 15) is 0 Å². The van der Waals surface area contributed by atoms with Gasteiger partial charge in [-0.3, -0.25) is 9.80 Å². The highest BCUT2D eigenvalue weighted by atomic mass is 15.2. The third-order valence-corrected chi connectivity index (χ3v) is 5.32. The van der Waals surface area contributed by atoms with Crippen LogP contribution < -0.4 is 0 Å². The van der Waals surface area contributed by atoms with Gasteiger partial charge < -0.3 is 4.90 Å². The van der Waals surface area contributed by atoms with Crippen LogP contribution >= 0.6 is 0 Å². The average Bonchev–Trinajstić information content (AvgIpc) is 2.59. The molecule has 2 rings (SSSR count). The number of hydrogen-bond acceptors (Lipinski definition) is 3. The smallest absolute Gasteiger partial charge is 0.0120 e. The molecule has 20 heavy (non-hydrogen) atoms. The first kappa shape index (κ1) is 16.3. The average molecular weight is 281 g/mol. The topological polar surface area (TPSA) is 9.72 Å². The minimum absolute atomic E-state index is 0.705. The molecule has 0 unspecified atom stereocenters. The van der Waals surface area contributed by atoms with E-state index >= 15 is 0 Å². The standard InChI is InChI=1S/C17H35N3/c1-4-18-12-8-17(9-13-18)20-11-7-5-6-10-19(14-15-20)16(2)3/h16-17H,4-15H2,1-3H3. The van der Waals surface area contributed by atoms with Gasteiger partial charge in [0.1, 0.15) is 0 Å². The molecule has 118 valence electrons. The Balaban J connectivity index is 1.86. The Labute approximate surface area is 126 Å². The van der Waals surface area contributed by atoms with Crippen molar-refractivity contribution in [2.24, 2.45) is 0 Å². The maximum atomic E-state index is 2.81. The lowest BCUT2D eigenvalue weighted by molar-refractivity contribution is 0.0973. The third-order valence-electron chi connectivity index (χ3n) is 5.32. The Morgan fingerprint density at radius 2 is 1.55 bits per heavy atom. The fraction of sp³-hybridized carbons (Fsp3) is 1.00. The first-order valence-corrected chi connectivity index (χ1v) is 8.91. The maximum Gasteiger partial charge on any atom is 0.0120 e. The lowest BCUT2D eigenvalue weighted by atomic mass is 10.0. The molecule has 3 heteroatoms. The maximum absolute atomic E-state index is 2.81. The summed E-state index contributed by atoms with van der Waals surface area (Å²) in [5, 5.41) is 0. The Morgan fingerprint density at radius 1 is 0.850 bits per heavy atom.